The predicted octanol–water partition coefficient (Wildman–Crippen LogP) is 6.54. The zero-order valence-electron chi connectivity index (χ0n) is 20.0. The van der Waals surface area contributed by atoms with Gasteiger partial charge in [0.2, 0.25) is 0 Å². The highest BCUT2D eigenvalue weighted by molar-refractivity contribution is 15.0. The number of halogens is 2. The van der Waals surface area contributed by atoms with Crippen molar-refractivity contribution >= 4 is 59.3 Å². The normalized spacial score (nSPS) is 11.0. The summed E-state index contributed by atoms with van der Waals surface area (Å²) in [5.74, 6) is 0.141. The summed E-state index contributed by atoms with van der Waals surface area (Å²) in [4.78, 5) is 2.91. The topological polar surface area (TPSA) is 102 Å². The fourth-order valence-corrected chi connectivity index (χ4v) is 4.38. The minimum absolute atomic E-state index is 0.0707. The number of phenols is 2. The molecular formula is C27H22I2N6O2. The first kappa shape index (κ1) is 25.4. The van der Waals surface area contributed by atoms with Gasteiger partial charge in [0, 0.05) is 54.8 Å². The van der Waals surface area contributed by atoms with Crippen LogP contribution in [0.1, 0.15) is 22.3 Å². The van der Waals surface area contributed by atoms with E-state index in [1.54, 1.807) is 0 Å². The molecule has 0 spiro atoms. The zero-order valence-corrected chi connectivity index (χ0v) is 24.3. The molecule has 4 aromatic carbocycles. The third kappa shape index (κ3) is 4.99. The number of hydrogen-bond acceptors (Lipinski definition) is 6. The van der Waals surface area contributed by atoms with Crippen LogP contribution in [0.2, 0.25) is 0 Å². The number of benzene rings is 4. The first-order valence-electron chi connectivity index (χ1n) is 11.4. The number of aromatic nitrogens is 6. The van der Waals surface area contributed by atoms with Crippen LogP contribution in [0.5, 0.6) is 11.5 Å². The maximum Gasteiger partial charge on any atom is 0.146 e. The van der Waals surface area contributed by atoms with Crippen molar-refractivity contribution in [3.63, 3.8) is 0 Å². The van der Waals surface area contributed by atoms with Gasteiger partial charge in [0.1, 0.15) is 44.9 Å². The van der Waals surface area contributed by atoms with Crippen LogP contribution >= 0.6 is 37.2 Å². The molecule has 6 rings (SSSR count). The molecule has 186 valence electrons. The fraction of sp³-hybridized carbons (Fsp3) is 0.111. The number of fused-ring (bicyclic) bond motifs is 2. The molecule has 2 aromatic heterocycles. The van der Waals surface area contributed by atoms with E-state index in [9.17, 15) is 10.2 Å². The fourth-order valence-electron chi connectivity index (χ4n) is 4.38. The molecule has 0 bridgehead atoms. The van der Waals surface area contributed by atoms with Gasteiger partial charge in [0.05, 0.1) is 0 Å². The lowest BCUT2D eigenvalue weighted by atomic mass is 9.98. The molecule has 0 aliphatic rings. The lowest BCUT2D eigenvalue weighted by Crippen LogP contribution is -2.04. The van der Waals surface area contributed by atoms with Crippen molar-refractivity contribution < 1.29 is 10.2 Å². The highest BCUT2D eigenvalue weighted by Crippen LogP contribution is 2.34. The van der Waals surface area contributed by atoms with E-state index in [-0.39, 0.29) is 11.5 Å². The molecule has 2 heterocycles. The van der Waals surface area contributed by atoms with Crippen LogP contribution in [0, 0.1) is 13.8 Å². The molecule has 0 aliphatic heterocycles. The molecule has 6 aromatic rings. The summed E-state index contributed by atoms with van der Waals surface area (Å²) in [5.41, 5.74) is 7.17. The predicted molar refractivity (Wildman–Crippen MR) is 161 cm³/mol. The Morgan fingerprint density at radius 2 is 0.919 bits per heavy atom. The van der Waals surface area contributed by atoms with E-state index in [0.717, 1.165) is 33.2 Å². The molecular weight excluding hydrogens is 694 g/mol. The van der Waals surface area contributed by atoms with Gasteiger partial charge >= 0.3 is 0 Å². The van der Waals surface area contributed by atoms with E-state index in [1.165, 1.54) is 9.59 Å². The van der Waals surface area contributed by atoms with E-state index in [1.807, 2.05) is 86.6 Å². The standard InChI is InChI=1S/C27H22N6O2.I2/c1-16-11-18(26(34)24(13-16)32-28-20-7-3-4-8-21(20)29-32)15-19-12-17(2)14-25(27(19)35)33-30-22-9-5-6-10-23(22)31-33;1-2/h3-14,34-35H,15H2,1-2H3;. The van der Waals surface area contributed by atoms with E-state index in [0.29, 0.717) is 28.9 Å². The summed E-state index contributed by atoms with van der Waals surface area (Å²) >= 11 is 4.24. The van der Waals surface area contributed by atoms with Crippen molar-refractivity contribution in [3.05, 3.63) is 95.1 Å². The van der Waals surface area contributed by atoms with Gasteiger partial charge in [-0.1, -0.05) is 36.4 Å². The second kappa shape index (κ2) is 10.6. The summed E-state index contributed by atoms with van der Waals surface area (Å²) < 4.78 is 0. The Morgan fingerprint density at radius 1 is 0.595 bits per heavy atom. The van der Waals surface area contributed by atoms with Gasteiger partial charge in [0.25, 0.3) is 0 Å². The smallest absolute Gasteiger partial charge is 0.146 e. The van der Waals surface area contributed by atoms with Crippen LogP contribution in [0.4, 0.5) is 0 Å². The Morgan fingerprint density at radius 3 is 1.24 bits per heavy atom. The molecule has 8 nitrogen and oxygen atoms in total. The van der Waals surface area contributed by atoms with Crippen LogP contribution in [-0.2, 0) is 6.42 Å². The minimum atomic E-state index is 0.0707. The average molecular weight is 716 g/mol. The largest absolute Gasteiger partial charge is 0.505 e. The number of aryl methyl sites for hydroxylation is 2. The number of nitrogens with zero attached hydrogens (tertiary/aromatic N) is 6. The summed E-state index contributed by atoms with van der Waals surface area (Å²) in [6, 6.07) is 22.6. The molecule has 0 fully saturated rings. The van der Waals surface area contributed by atoms with E-state index < -0.39 is 0 Å². The van der Waals surface area contributed by atoms with E-state index in [2.05, 4.69) is 57.6 Å². The maximum atomic E-state index is 11.2. The molecule has 0 unspecified atom stereocenters. The Hall–Kier alpha value is -3.26. The third-order valence-corrected chi connectivity index (χ3v) is 6.01. The van der Waals surface area contributed by atoms with Crippen molar-refractivity contribution in [2.45, 2.75) is 20.3 Å². The van der Waals surface area contributed by atoms with E-state index in [4.69, 9.17) is 0 Å². The molecule has 0 saturated carbocycles. The second-order valence-corrected chi connectivity index (χ2v) is 8.72. The monoisotopic (exact) mass is 716 g/mol. The van der Waals surface area contributed by atoms with Crippen LogP contribution in [-0.4, -0.2) is 40.2 Å². The molecule has 10 heteroatoms. The van der Waals surface area contributed by atoms with Crippen molar-refractivity contribution in [1.82, 2.24) is 30.0 Å². The lowest BCUT2D eigenvalue weighted by Gasteiger charge is -2.14. The number of rotatable bonds is 4. The van der Waals surface area contributed by atoms with Crippen LogP contribution < -0.4 is 0 Å². The van der Waals surface area contributed by atoms with Crippen LogP contribution in [0.15, 0.2) is 72.8 Å². The summed E-state index contributed by atoms with van der Waals surface area (Å²) in [6.45, 7) is 3.91. The Balaban J connectivity index is 0.00000137. The van der Waals surface area contributed by atoms with Crippen molar-refractivity contribution in [3.8, 4) is 22.9 Å². The number of hydrogen-bond donors (Lipinski definition) is 2. The first-order valence-corrected chi connectivity index (χ1v) is 17.7. The summed E-state index contributed by atoms with van der Waals surface area (Å²) in [7, 11) is 0. The highest BCUT2D eigenvalue weighted by atomic mass is 128. The van der Waals surface area contributed by atoms with Gasteiger partial charge in [-0.15, -0.1) is 30.0 Å². The van der Waals surface area contributed by atoms with Gasteiger partial charge < -0.3 is 10.2 Å². The summed E-state index contributed by atoms with van der Waals surface area (Å²) in [5, 5.41) is 40.4. The first-order chi connectivity index (χ1) is 18.0. The van der Waals surface area contributed by atoms with Crippen molar-refractivity contribution in [1.29, 1.82) is 0 Å². The number of phenolic OH excluding ortho intramolecular Hbond substituents is 2. The second-order valence-electron chi connectivity index (χ2n) is 8.72. The Bertz CT molecular complexity index is 1550. The molecule has 37 heavy (non-hydrogen) atoms. The molecule has 0 saturated heterocycles. The maximum absolute atomic E-state index is 11.2. The van der Waals surface area contributed by atoms with E-state index >= 15 is 0 Å². The van der Waals surface area contributed by atoms with Crippen LogP contribution in [0.25, 0.3) is 33.4 Å². The molecule has 0 atom stereocenters. The van der Waals surface area contributed by atoms with Crippen molar-refractivity contribution in [2.75, 3.05) is 0 Å². The quantitative estimate of drug-likeness (QED) is 0.201. The Kier molecular flexibility index (Phi) is 7.29. The SMILES string of the molecule is Cc1cc(Cc2cc(C)cc(-n3nc4ccccc4n3)c2O)c(O)c(-n2nc3ccccc3n2)c1.II. The third-order valence-electron chi connectivity index (χ3n) is 6.01. The number of aromatic hydroxyl groups is 2. The molecule has 0 radical (unpaired) electrons. The van der Waals surface area contributed by atoms with Crippen LogP contribution in [0.3, 0.4) is 0 Å². The van der Waals surface area contributed by atoms with Gasteiger partial charge in [-0.2, -0.15) is 0 Å². The zero-order chi connectivity index (χ0) is 26.1. The van der Waals surface area contributed by atoms with Gasteiger partial charge in [-0.05, 0) is 61.4 Å². The molecule has 2 N–H and O–H groups in total. The van der Waals surface area contributed by atoms with Crippen molar-refractivity contribution in [2.24, 2.45) is 0 Å². The van der Waals surface area contributed by atoms with Gasteiger partial charge in [-0.25, -0.2) is 0 Å². The van der Waals surface area contributed by atoms with Gasteiger partial charge in [-0.3, -0.25) is 0 Å². The Labute approximate surface area is 236 Å². The average Bonchev–Trinajstić information content (AvgIpc) is 3.53. The lowest BCUT2D eigenvalue weighted by molar-refractivity contribution is 0.455. The molecule has 0 amide bonds. The minimum Gasteiger partial charge on any atom is -0.505 e. The highest BCUT2D eigenvalue weighted by Gasteiger charge is 2.18. The van der Waals surface area contributed by atoms with Gasteiger partial charge in [0.15, 0.2) is 0 Å². The summed E-state index contributed by atoms with van der Waals surface area (Å²) in [6.07, 6.45) is 0.308. The molecule has 0 aliphatic carbocycles.